The van der Waals surface area contributed by atoms with Crippen LogP contribution in [0, 0.1) is 25.7 Å². The lowest BCUT2D eigenvalue weighted by Gasteiger charge is -2.30. The molecule has 0 radical (unpaired) electrons. The second-order valence-electron chi connectivity index (χ2n) is 7.74. The minimum Gasteiger partial charge on any atom is -0.469 e. The molecule has 1 aromatic heterocycles. The summed E-state index contributed by atoms with van der Waals surface area (Å²) in [5.41, 5.74) is 2.63. The van der Waals surface area contributed by atoms with Gasteiger partial charge in [-0.1, -0.05) is 13.8 Å². The molecule has 0 N–H and O–H groups in total. The Hall–Kier alpha value is -2.38. The van der Waals surface area contributed by atoms with Crippen LogP contribution in [-0.2, 0) is 36.8 Å². The van der Waals surface area contributed by atoms with Crippen molar-refractivity contribution in [3.8, 4) is 0 Å². The number of aromatic nitrogens is 2. The van der Waals surface area contributed by atoms with Gasteiger partial charge in [-0.3, -0.25) is 19.1 Å². The van der Waals surface area contributed by atoms with Gasteiger partial charge in [-0.25, -0.2) is 0 Å². The number of esters is 2. The average molecular weight is 393 g/mol. The quantitative estimate of drug-likeness (QED) is 0.654. The molecule has 0 unspecified atom stereocenters. The number of hydrogen-bond donors (Lipinski definition) is 0. The van der Waals surface area contributed by atoms with Gasteiger partial charge in [0.25, 0.3) is 5.91 Å². The normalized spacial score (nSPS) is 15.0. The molecule has 1 amide bonds. The molecule has 0 atom stereocenters. The van der Waals surface area contributed by atoms with E-state index in [9.17, 15) is 14.4 Å². The molecule has 2 heterocycles. The molecular weight excluding hydrogens is 362 g/mol. The van der Waals surface area contributed by atoms with Crippen molar-refractivity contribution in [1.29, 1.82) is 0 Å². The molecule has 0 aromatic carbocycles. The van der Waals surface area contributed by atoms with Gasteiger partial charge >= 0.3 is 11.9 Å². The average Bonchev–Trinajstić information content (AvgIpc) is 2.92. The van der Waals surface area contributed by atoms with Crippen molar-refractivity contribution in [1.82, 2.24) is 14.7 Å². The summed E-state index contributed by atoms with van der Waals surface area (Å²) in [6, 6.07) is 0. The van der Waals surface area contributed by atoms with Crippen LogP contribution in [0.1, 0.15) is 43.6 Å². The van der Waals surface area contributed by atoms with E-state index in [1.54, 1.807) is 4.90 Å². The minimum absolute atomic E-state index is 0.105. The Morgan fingerprint density at radius 3 is 2.39 bits per heavy atom. The summed E-state index contributed by atoms with van der Waals surface area (Å²) in [7, 11) is 1.37. The van der Waals surface area contributed by atoms with Gasteiger partial charge in [-0.05, 0) is 32.6 Å². The van der Waals surface area contributed by atoms with Crippen LogP contribution in [0.4, 0.5) is 0 Å². The molecule has 1 saturated heterocycles. The van der Waals surface area contributed by atoms with Gasteiger partial charge in [0, 0.05) is 30.9 Å². The van der Waals surface area contributed by atoms with Gasteiger partial charge in [0.1, 0.15) is 0 Å². The lowest BCUT2D eigenvalue weighted by molar-refractivity contribution is -0.153. The van der Waals surface area contributed by atoms with E-state index in [1.807, 2.05) is 18.5 Å². The third-order valence-electron chi connectivity index (χ3n) is 5.13. The van der Waals surface area contributed by atoms with Crippen molar-refractivity contribution in [2.75, 3.05) is 26.8 Å². The van der Waals surface area contributed by atoms with E-state index in [1.165, 1.54) is 7.11 Å². The first kappa shape index (κ1) is 21.9. The van der Waals surface area contributed by atoms with Crippen molar-refractivity contribution in [2.45, 2.75) is 53.5 Å². The van der Waals surface area contributed by atoms with Crippen LogP contribution in [0.15, 0.2) is 0 Å². The largest absolute Gasteiger partial charge is 0.469 e. The number of nitrogens with zero attached hydrogens (tertiary/aromatic N) is 3. The maximum absolute atomic E-state index is 12.3. The van der Waals surface area contributed by atoms with Crippen LogP contribution >= 0.6 is 0 Å². The molecule has 8 nitrogen and oxygen atoms in total. The monoisotopic (exact) mass is 393 g/mol. The molecule has 156 valence electrons. The number of aryl methyl sites for hydroxylation is 1. The fourth-order valence-corrected chi connectivity index (χ4v) is 3.47. The van der Waals surface area contributed by atoms with Gasteiger partial charge in [0.15, 0.2) is 6.61 Å². The number of ether oxygens (including phenoxy) is 2. The Morgan fingerprint density at radius 1 is 1.18 bits per heavy atom. The highest BCUT2D eigenvalue weighted by atomic mass is 16.5. The summed E-state index contributed by atoms with van der Waals surface area (Å²) in [4.78, 5) is 37.7. The third kappa shape index (κ3) is 5.56. The number of rotatable bonds is 7. The number of likely N-dealkylation sites (tertiary alicyclic amines) is 1. The Morgan fingerprint density at radius 2 is 1.82 bits per heavy atom. The first-order chi connectivity index (χ1) is 13.2. The Bertz CT molecular complexity index is 718. The van der Waals surface area contributed by atoms with Gasteiger partial charge < -0.3 is 14.4 Å². The van der Waals surface area contributed by atoms with E-state index in [2.05, 4.69) is 18.9 Å². The molecule has 1 aliphatic heterocycles. The summed E-state index contributed by atoms with van der Waals surface area (Å²) in [5, 5.41) is 4.50. The SMILES string of the molecule is COC(=O)C1CCN(C(=O)COC(=O)Cc2c(C)nn(CC(C)C)c2C)CC1. The fraction of sp³-hybridized carbons (Fsp3) is 0.700. The van der Waals surface area contributed by atoms with E-state index in [-0.39, 0.29) is 30.8 Å². The number of hydrogen-bond acceptors (Lipinski definition) is 6. The zero-order valence-corrected chi connectivity index (χ0v) is 17.5. The minimum atomic E-state index is -0.437. The second-order valence-corrected chi connectivity index (χ2v) is 7.74. The van der Waals surface area contributed by atoms with Gasteiger partial charge in [-0.15, -0.1) is 0 Å². The third-order valence-corrected chi connectivity index (χ3v) is 5.13. The molecule has 8 heteroatoms. The zero-order chi connectivity index (χ0) is 20.8. The maximum atomic E-state index is 12.3. The number of amides is 1. The molecule has 0 saturated carbocycles. The predicted octanol–water partition coefficient (Wildman–Crippen LogP) is 1.65. The topological polar surface area (TPSA) is 90.7 Å². The van der Waals surface area contributed by atoms with Gasteiger partial charge in [0.05, 0.1) is 25.1 Å². The van der Waals surface area contributed by atoms with Crippen LogP contribution < -0.4 is 0 Å². The molecule has 1 fully saturated rings. The lowest BCUT2D eigenvalue weighted by Crippen LogP contribution is -2.42. The van der Waals surface area contributed by atoms with Crippen molar-refractivity contribution in [3.05, 3.63) is 17.0 Å². The van der Waals surface area contributed by atoms with E-state index < -0.39 is 5.97 Å². The van der Waals surface area contributed by atoms with Crippen molar-refractivity contribution in [3.63, 3.8) is 0 Å². The highest BCUT2D eigenvalue weighted by molar-refractivity contribution is 5.82. The number of piperidine rings is 1. The maximum Gasteiger partial charge on any atom is 0.310 e. The number of carbonyl (C=O) groups is 3. The van der Waals surface area contributed by atoms with E-state index in [0.717, 1.165) is 23.5 Å². The summed E-state index contributed by atoms with van der Waals surface area (Å²) in [6.07, 6.45) is 1.24. The fourth-order valence-electron chi connectivity index (χ4n) is 3.47. The van der Waals surface area contributed by atoms with Crippen LogP contribution in [0.25, 0.3) is 0 Å². The second kappa shape index (κ2) is 9.71. The van der Waals surface area contributed by atoms with E-state index >= 15 is 0 Å². The Kier molecular flexibility index (Phi) is 7.60. The van der Waals surface area contributed by atoms with E-state index in [4.69, 9.17) is 9.47 Å². The Balaban J connectivity index is 1.82. The summed E-state index contributed by atoms with van der Waals surface area (Å²) < 4.78 is 11.9. The smallest absolute Gasteiger partial charge is 0.310 e. The van der Waals surface area contributed by atoms with Crippen LogP contribution in [0.2, 0.25) is 0 Å². The van der Waals surface area contributed by atoms with Crippen LogP contribution in [-0.4, -0.2) is 59.3 Å². The molecule has 28 heavy (non-hydrogen) atoms. The van der Waals surface area contributed by atoms with Crippen molar-refractivity contribution in [2.24, 2.45) is 11.8 Å². The first-order valence-electron chi connectivity index (χ1n) is 9.77. The molecule has 2 rings (SSSR count). The summed E-state index contributed by atoms with van der Waals surface area (Å²) in [6.45, 7) is 9.51. The standard InChI is InChI=1S/C20H31N3O5/c1-13(2)11-23-15(4)17(14(3)21-23)10-19(25)28-12-18(24)22-8-6-16(7-9-22)20(26)27-5/h13,16H,6-12H2,1-5H3. The highest BCUT2D eigenvalue weighted by Crippen LogP contribution is 2.19. The molecule has 0 bridgehead atoms. The molecular formula is C20H31N3O5. The molecule has 1 aromatic rings. The van der Waals surface area contributed by atoms with Crippen LogP contribution in [0.3, 0.4) is 0 Å². The number of carbonyl (C=O) groups excluding carboxylic acids is 3. The lowest BCUT2D eigenvalue weighted by atomic mass is 9.97. The molecule has 0 aliphatic carbocycles. The van der Waals surface area contributed by atoms with E-state index in [0.29, 0.717) is 31.8 Å². The van der Waals surface area contributed by atoms with Gasteiger partial charge in [0.2, 0.25) is 0 Å². The first-order valence-corrected chi connectivity index (χ1v) is 9.77. The van der Waals surface area contributed by atoms with Crippen molar-refractivity contribution < 1.29 is 23.9 Å². The molecule has 0 spiro atoms. The molecule has 1 aliphatic rings. The highest BCUT2D eigenvalue weighted by Gasteiger charge is 2.28. The summed E-state index contributed by atoms with van der Waals surface area (Å²) in [5.74, 6) is -0.611. The number of methoxy groups -OCH3 is 1. The Labute approximate surface area is 166 Å². The van der Waals surface area contributed by atoms with Gasteiger partial charge in [-0.2, -0.15) is 5.10 Å². The predicted molar refractivity (Wildman–Crippen MR) is 103 cm³/mol. The van der Waals surface area contributed by atoms with Crippen LogP contribution in [0.5, 0.6) is 0 Å². The summed E-state index contributed by atoms with van der Waals surface area (Å²) >= 11 is 0. The van der Waals surface area contributed by atoms with Crippen molar-refractivity contribution >= 4 is 17.8 Å². The zero-order valence-electron chi connectivity index (χ0n) is 17.5.